The number of nitrogens with one attached hydrogen (secondary N) is 1. The van der Waals surface area contributed by atoms with Crippen LogP contribution < -0.4 is 5.32 Å². The highest BCUT2D eigenvalue weighted by atomic mass is 31.2. The van der Waals surface area contributed by atoms with Crippen molar-refractivity contribution in [1.29, 1.82) is 0 Å². The highest BCUT2D eigenvalue weighted by molar-refractivity contribution is 7.47. The summed E-state index contributed by atoms with van der Waals surface area (Å²) in [5, 5.41) is 3.05. The minimum absolute atomic E-state index is 0.0350. The van der Waals surface area contributed by atoms with E-state index in [4.69, 9.17) is 13.8 Å². The van der Waals surface area contributed by atoms with Crippen LogP contribution in [-0.2, 0) is 27.9 Å². The van der Waals surface area contributed by atoms with E-state index in [0.717, 1.165) is 77.0 Å². The van der Waals surface area contributed by atoms with E-state index in [1.54, 1.807) is 0 Å². The lowest BCUT2D eigenvalue weighted by Crippen LogP contribution is -2.47. The number of phosphoric acid groups is 1. The molecule has 438 valence electrons. The zero-order valence-electron chi connectivity index (χ0n) is 50.0. The summed E-state index contributed by atoms with van der Waals surface area (Å²) >= 11 is 0. The molecule has 75 heavy (non-hydrogen) atoms. The number of carbonyl (C=O) groups excluding carboxylic acids is 2. The second-order valence-corrected chi connectivity index (χ2v) is 24.0. The van der Waals surface area contributed by atoms with Crippen LogP contribution in [0.5, 0.6) is 0 Å². The normalized spacial score (nSPS) is 14.1. The molecule has 0 aromatic carbocycles. The molecule has 3 unspecified atom stereocenters. The fourth-order valence-corrected chi connectivity index (χ4v) is 9.78. The number of hydrogen-bond acceptors (Lipinski definition) is 6. The number of hydrogen-bond donors (Lipinski definition) is 2. The van der Waals surface area contributed by atoms with E-state index >= 15 is 0 Å². The van der Waals surface area contributed by atoms with Crippen molar-refractivity contribution in [2.45, 2.75) is 303 Å². The molecule has 0 bridgehead atoms. The average molecular weight is 1070 g/mol. The third kappa shape index (κ3) is 56.2. The molecule has 1 amide bonds. The molecule has 0 fully saturated rings. The number of quaternary nitrogens is 1. The molecule has 0 aliphatic heterocycles. The Bertz CT molecular complexity index is 1470. The lowest BCUT2D eigenvalue weighted by atomic mass is 10.0. The molecule has 0 rings (SSSR count). The van der Waals surface area contributed by atoms with Gasteiger partial charge in [0, 0.05) is 12.8 Å². The van der Waals surface area contributed by atoms with Crippen LogP contribution in [0, 0.1) is 0 Å². The number of allylic oxidation sites excluding steroid dienone is 9. The molecule has 0 aromatic heterocycles. The molecule has 0 aliphatic rings. The molecule has 0 saturated heterocycles. The maximum Gasteiger partial charge on any atom is 0.472 e. The third-order valence-electron chi connectivity index (χ3n) is 14.0. The third-order valence-corrected chi connectivity index (χ3v) is 14.9. The molecule has 0 spiro atoms. The summed E-state index contributed by atoms with van der Waals surface area (Å²) in [5.74, 6) is -0.532. The van der Waals surface area contributed by atoms with Crippen LogP contribution in [0.3, 0.4) is 0 Å². The Kier molecular flexibility index (Phi) is 53.4. The summed E-state index contributed by atoms with van der Waals surface area (Å²) in [4.78, 5) is 37.7. The molecule has 2 N–H and O–H groups in total. The zero-order valence-corrected chi connectivity index (χ0v) is 50.9. The van der Waals surface area contributed by atoms with Crippen molar-refractivity contribution in [3.05, 3.63) is 60.8 Å². The quantitative estimate of drug-likeness (QED) is 0.0205. The molecule has 0 aliphatic carbocycles. The first-order valence-electron chi connectivity index (χ1n) is 31.6. The molecule has 0 saturated carbocycles. The summed E-state index contributed by atoms with van der Waals surface area (Å²) < 4.78 is 30.7. The lowest BCUT2D eigenvalue weighted by molar-refractivity contribution is -0.870. The van der Waals surface area contributed by atoms with E-state index in [1.807, 2.05) is 33.3 Å². The Balaban J connectivity index is 5.33. The number of carbonyl (C=O) groups is 2. The van der Waals surface area contributed by atoms with Gasteiger partial charge in [-0.05, 0) is 76.7 Å². The fraction of sp³-hybridized carbons (Fsp3) is 0.815. The lowest BCUT2D eigenvalue weighted by Gasteiger charge is -2.27. The molecule has 3 atom stereocenters. The number of phosphoric ester groups is 1. The first-order valence-corrected chi connectivity index (χ1v) is 33.1. The van der Waals surface area contributed by atoms with Gasteiger partial charge in [0.2, 0.25) is 5.91 Å². The number of nitrogens with zero attached hydrogens (tertiary/aromatic N) is 1. The van der Waals surface area contributed by atoms with Gasteiger partial charge in [0.1, 0.15) is 19.3 Å². The first kappa shape index (κ1) is 72.7. The Morgan fingerprint density at radius 1 is 0.467 bits per heavy atom. The number of ether oxygens (including phenoxy) is 1. The topological polar surface area (TPSA) is 111 Å². The molecule has 0 radical (unpaired) electrons. The molecule has 9 nitrogen and oxygen atoms in total. The van der Waals surface area contributed by atoms with Crippen LogP contribution in [0.4, 0.5) is 0 Å². The number of rotatable bonds is 57. The Morgan fingerprint density at radius 3 is 1.25 bits per heavy atom. The van der Waals surface area contributed by atoms with Crippen molar-refractivity contribution >= 4 is 19.7 Å². The number of unbranched alkanes of at least 4 members (excludes halogenated alkanes) is 33. The zero-order chi connectivity index (χ0) is 55.0. The van der Waals surface area contributed by atoms with Crippen molar-refractivity contribution in [3.63, 3.8) is 0 Å². The van der Waals surface area contributed by atoms with E-state index in [1.165, 1.54) is 173 Å². The number of esters is 1. The molecule has 0 heterocycles. The van der Waals surface area contributed by atoms with E-state index < -0.39 is 20.0 Å². The predicted octanol–water partition coefficient (Wildman–Crippen LogP) is 19.4. The van der Waals surface area contributed by atoms with Crippen LogP contribution in [-0.4, -0.2) is 74.3 Å². The Labute approximate surface area is 464 Å². The van der Waals surface area contributed by atoms with Crippen LogP contribution in [0.2, 0.25) is 0 Å². The van der Waals surface area contributed by atoms with Gasteiger partial charge < -0.3 is 19.4 Å². The summed E-state index contributed by atoms with van der Waals surface area (Å²) in [6, 6.07) is -0.860. The maximum absolute atomic E-state index is 13.6. The van der Waals surface area contributed by atoms with E-state index in [9.17, 15) is 19.0 Å². The standard InChI is InChI=1S/C65H121N2O7P/c1-7-10-13-16-19-22-25-28-30-32-33-35-37-40-43-46-49-52-55-58-65(69)74-63(56-53-50-47-44-41-38-27-24-21-18-15-12-9-3)62(61-73-75(70,71)72-60-59-67(4,5)6)66-64(68)57-54-51-48-45-42-39-36-34-31-29-26-23-20-17-14-11-8-2/h19,22,28,30,33,35,40,43,53,56,62-63H,7-18,20-21,23-27,29,31-32,34,36-39,41-42,44-52,54-55,57-61H2,1-6H3,(H-,66,68,70,71)/p+1/b22-19-,30-28-,35-33-,43-40-,56-53+. The van der Waals surface area contributed by atoms with E-state index in [-0.39, 0.29) is 31.5 Å². The SMILES string of the molecule is CCCCC/C=C\C/C=C\C/C=C\C/C=C\CCCCCC(=O)OC(/C=C/CCCCCCCCCCCCC)C(COP(=O)(O)OCC[N+](C)(C)C)NC(=O)CCCCCCCCCCCCCCCCCCC. The van der Waals surface area contributed by atoms with Crippen molar-refractivity contribution in [2.24, 2.45) is 0 Å². The summed E-state index contributed by atoms with van der Waals surface area (Å²) in [7, 11) is 1.48. The van der Waals surface area contributed by atoms with Gasteiger partial charge >= 0.3 is 13.8 Å². The van der Waals surface area contributed by atoms with E-state index in [2.05, 4.69) is 74.7 Å². The van der Waals surface area contributed by atoms with Gasteiger partial charge in [0.15, 0.2) is 0 Å². The first-order chi connectivity index (χ1) is 36.4. The largest absolute Gasteiger partial charge is 0.472 e. The second kappa shape index (κ2) is 55.0. The van der Waals surface area contributed by atoms with Gasteiger partial charge in [-0.3, -0.25) is 18.6 Å². The molecule has 10 heteroatoms. The van der Waals surface area contributed by atoms with Gasteiger partial charge in [0.05, 0.1) is 33.8 Å². The predicted molar refractivity (Wildman–Crippen MR) is 323 cm³/mol. The summed E-state index contributed by atoms with van der Waals surface area (Å²) in [5.41, 5.74) is 0. The van der Waals surface area contributed by atoms with Crippen molar-refractivity contribution in [2.75, 3.05) is 40.9 Å². The average Bonchev–Trinajstić information content (AvgIpc) is 3.37. The molecule has 0 aromatic rings. The Hall–Kier alpha value is -2.29. The van der Waals surface area contributed by atoms with Gasteiger partial charge in [0.25, 0.3) is 0 Å². The molecular weight excluding hydrogens is 952 g/mol. The number of amides is 1. The van der Waals surface area contributed by atoms with Crippen LogP contribution in [0.15, 0.2) is 60.8 Å². The van der Waals surface area contributed by atoms with Crippen LogP contribution in [0.1, 0.15) is 290 Å². The van der Waals surface area contributed by atoms with Gasteiger partial charge in [-0.1, -0.05) is 262 Å². The highest BCUT2D eigenvalue weighted by Crippen LogP contribution is 2.43. The van der Waals surface area contributed by atoms with E-state index in [0.29, 0.717) is 23.9 Å². The van der Waals surface area contributed by atoms with Crippen LogP contribution >= 0.6 is 7.82 Å². The fourth-order valence-electron chi connectivity index (χ4n) is 9.04. The van der Waals surface area contributed by atoms with Gasteiger partial charge in [-0.15, -0.1) is 0 Å². The summed E-state index contributed by atoms with van der Waals surface area (Å²) in [6.07, 6.45) is 69.2. The van der Waals surface area contributed by atoms with Crippen LogP contribution in [0.25, 0.3) is 0 Å². The summed E-state index contributed by atoms with van der Waals surface area (Å²) in [6.45, 7) is 6.99. The van der Waals surface area contributed by atoms with Gasteiger partial charge in [-0.2, -0.15) is 0 Å². The van der Waals surface area contributed by atoms with Crippen molar-refractivity contribution in [1.82, 2.24) is 5.32 Å². The molecular formula is C65H122N2O7P+. The van der Waals surface area contributed by atoms with Gasteiger partial charge in [-0.25, -0.2) is 4.57 Å². The van der Waals surface area contributed by atoms with Crippen molar-refractivity contribution < 1.29 is 37.3 Å². The smallest absolute Gasteiger partial charge is 0.456 e. The monoisotopic (exact) mass is 1070 g/mol. The van der Waals surface area contributed by atoms with Crippen molar-refractivity contribution in [3.8, 4) is 0 Å². The Morgan fingerprint density at radius 2 is 0.813 bits per heavy atom. The highest BCUT2D eigenvalue weighted by Gasteiger charge is 2.30. The minimum atomic E-state index is -4.46. The maximum atomic E-state index is 13.6. The second-order valence-electron chi connectivity index (χ2n) is 22.6. The number of likely N-dealkylation sites (N-methyl/N-ethyl adjacent to an activating group) is 1. The minimum Gasteiger partial charge on any atom is -0.456 e.